The molecule has 7 nitrogen and oxygen atoms in total. The van der Waals surface area contributed by atoms with Gasteiger partial charge in [-0.2, -0.15) is 0 Å². The summed E-state index contributed by atoms with van der Waals surface area (Å²) in [5.41, 5.74) is 5.83. The fraction of sp³-hybridized carbons (Fsp3) is 0.389. The number of primary amides is 1. The zero-order valence-electron chi connectivity index (χ0n) is 14.6. The number of nitrogens with zero attached hydrogens (tertiary/aromatic N) is 3. The molecule has 1 atom stereocenters. The van der Waals surface area contributed by atoms with Gasteiger partial charge in [0, 0.05) is 36.6 Å². The highest BCUT2D eigenvalue weighted by Crippen LogP contribution is 2.24. The van der Waals surface area contributed by atoms with Crippen molar-refractivity contribution in [1.82, 2.24) is 14.9 Å². The molecule has 1 fully saturated rings. The fourth-order valence-electron chi connectivity index (χ4n) is 2.96. The molecule has 1 aliphatic heterocycles. The van der Waals surface area contributed by atoms with Gasteiger partial charge in [0.15, 0.2) is 11.6 Å². The van der Waals surface area contributed by atoms with Crippen molar-refractivity contribution in [3.05, 3.63) is 42.0 Å². The van der Waals surface area contributed by atoms with E-state index in [-0.39, 0.29) is 17.3 Å². The van der Waals surface area contributed by atoms with E-state index < -0.39 is 11.7 Å². The monoisotopic (exact) mass is 359 g/mol. The Morgan fingerprint density at radius 2 is 2.19 bits per heavy atom. The first-order chi connectivity index (χ1) is 12.5. The lowest BCUT2D eigenvalue weighted by Crippen LogP contribution is -2.34. The summed E-state index contributed by atoms with van der Waals surface area (Å²) in [7, 11) is 2.09. The van der Waals surface area contributed by atoms with Crippen LogP contribution in [0.25, 0.3) is 0 Å². The second kappa shape index (κ2) is 8.09. The number of halogens is 1. The molecular formula is C18H22FN5O2. The Hall–Kier alpha value is -2.74. The van der Waals surface area contributed by atoms with Gasteiger partial charge < -0.3 is 20.7 Å². The van der Waals surface area contributed by atoms with E-state index in [0.717, 1.165) is 25.9 Å². The van der Waals surface area contributed by atoms with Crippen LogP contribution in [0.4, 0.5) is 16.0 Å². The number of amides is 1. The molecule has 1 aromatic carbocycles. The summed E-state index contributed by atoms with van der Waals surface area (Å²) in [6.45, 7) is 2.58. The first-order valence-corrected chi connectivity index (χ1v) is 8.51. The lowest BCUT2D eigenvalue weighted by atomic mass is 10.00. The molecule has 1 unspecified atom stereocenters. The minimum absolute atomic E-state index is 0.207. The topological polar surface area (TPSA) is 93.4 Å². The van der Waals surface area contributed by atoms with Crippen molar-refractivity contribution in [2.24, 2.45) is 11.7 Å². The molecule has 3 N–H and O–H groups in total. The molecule has 2 heterocycles. The van der Waals surface area contributed by atoms with E-state index in [0.29, 0.717) is 18.2 Å². The summed E-state index contributed by atoms with van der Waals surface area (Å²) in [5.74, 6) is -0.161. The second-order valence-corrected chi connectivity index (χ2v) is 6.51. The van der Waals surface area contributed by atoms with Crippen LogP contribution in [-0.2, 0) is 0 Å². The minimum atomic E-state index is -0.603. The van der Waals surface area contributed by atoms with Crippen LogP contribution in [0.3, 0.4) is 0 Å². The standard InChI is InChI=1S/C18H22FN5O2/c1-24-6-2-3-12(10-24)11-26-16-5-4-14(7-15(16)19)23-18-21-8-13(9-22-18)17(20)25/h4-5,7-9,12H,2-3,6,10-11H2,1H3,(H2,20,25)(H,21,22,23). The maximum absolute atomic E-state index is 14.3. The number of likely N-dealkylation sites (tertiary alicyclic amines) is 1. The number of hydrogen-bond acceptors (Lipinski definition) is 6. The van der Waals surface area contributed by atoms with Crippen LogP contribution in [0.15, 0.2) is 30.6 Å². The highest BCUT2D eigenvalue weighted by Gasteiger charge is 2.18. The average Bonchev–Trinajstić information content (AvgIpc) is 2.61. The van der Waals surface area contributed by atoms with Crippen molar-refractivity contribution >= 4 is 17.5 Å². The molecule has 1 amide bonds. The van der Waals surface area contributed by atoms with Crippen LogP contribution < -0.4 is 15.8 Å². The lowest BCUT2D eigenvalue weighted by Gasteiger charge is -2.29. The van der Waals surface area contributed by atoms with Gasteiger partial charge in [0.05, 0.1) is 12.2 Å². The van der Waals surface area contributed by atoms with Crippen molar-refractivity contribution in [2.75, 3.05) is 32.1 Å². The van der Waals surface area contributed by atoms with Gasteiger partial charge in [-0.15, -0.1) is 0 Å². The van der Waals surface area contributed by atoms with Crippen molar-refractivity contribution < 1.29 is 13.9 Å². The maximum atomic E-state index is 14.3. The molecule has 2 aromatic rings. The minimum Gasteiger partial charge on any atom is -0.490 e. The Kier molecular flexibility index (Phi) is 5.62. The number of piperidine rings is 1. The predicted octanol–water partition coefficient (Wildman–Crippen LogP) is 2.18. The van der Waals surface area contributed by atoms with Gasteiger partial charge in [-0.3, -0.25) is 4.79 Å². The number of nitrogens with two attached hydrogens (primary N) is 1. The number of carbonyl (C=O) groups excluding carboxylic acids is 1. The number of hydrogen-bond donors (Lipinski definition) is 2. The summed E-state index contributed by atoms with van der Waals surface area (Å²) in [6, 6.07) is 4.60. The van der Waals surface area contributed by atoms with Gasteiger partial charge in [-0.25, -0.2) is 14.4 Å². The van der Waals surface area contributed by atoms with E-state index in [4.69, 9.17) is 10.5 Å². The number of aromatic nitrogens is 2. The average molecular weight is 359 g/mol. The summed E-state index contributed by atoms with van der Waals surface area (Å²) in [6.07, 6.45) is 4.87. The van der Waals surface area contributed by atoms with Gasteiger partial charge in [0.25, 0.3) is 5.91 Å². The molecule has 0 spiro atoms. The lowest BCUT2D eigenvalue weighted by molar-refractivity contribution is 0.0999. The Balaban J connectivity index is 1.59. The van der Waals surface area contributed by atoms with Crippen LogP contribution in [0, 0.1) is 11.7 Å². The van der Waals surface area contributed by atoms with Crippen molar-refractivity contribution in [3.8, 4) is 5.75 Å². The number of carbonyl (C=O) groups is 1. The molecular weight excluding hydrogens is 337 g/mol. The van der Waals surface area contributed by atoms with Crippen molar-refractivity contribution in [2.45, 2.75) is 12.8 Å². The molecule has 0 radical (unpaired) electrons. The molecule has 0 bridgehead atoms. The predicted molar refractivity (Wildman–Crippen MR) is 95.9 cm³/mol. The maximum Gasteiger partial charge on any atom is 0.251 e. The van der Waals surface area contributed by atoms with Crippen LogP contribution in [0.5, 0.6) is 5.75 Å². The van der Waals surface area contributed by atoms with E-state index in [1.807, 2.05) is 0 Å². The Morgan fingerprint density at radius 1 is 1.42 bits per heavy atom. The van der Waals surface area contributed by atoms with E-state index >= 15 is 0 Å². The first-order valence-electron chi connectivity index (χ1n) is 8.51. The molecule has 0 saturated carbocycles. The fourth-order valence-corrected chi connectivity index (χ4v) is 2.96. The first kappa shape index (κ1) is 18.1. The largest absolute Gasteiger partial charge is 0.490 e. The van der Waals surface area contributed by atoms with Gasteiger partial charge in [0.1, 0.15) is 0 Å². The Bertz CT molecular complexity index is 769. The van der Waals surface area contributed by atoms with Gasteiger partial charge in [0.2, 0.25) is 5.95 Å². The summed E-state index contributed by atoms with van der Waals surface area (Å²) >= 11 is 0. The molecule has 138 valence electrons. The Labute approximate surface area is 151 Å². The molecule has 1 aliphatic rings. The number of benzene rings is 1. The summed E-state index contributed by atoms with van der Waals surface area (Å²) < 4.78 is 19.9. The van der Waals surface area contributed by atoms with Gasteiger partial charge in [-0.1, -0.05) is 0 Å². The summed E-state index contributed by atoms with van der Waals surface area (Å²) in [4.78, 5) is 21.2. The smallest absolute Gasteiger partial charge is 0.251 e. The molecule has 0 aliphatic carbocycles. The van der Waals surface area contributed by atoms with Crippen molar-refractivity contribution in [1.29, 1.82) is 0 Å². The number of nitrogens with one attached hydrogen (secondary N) is 1. The highest BCUT2D eigenvalue weighted by atomic mass is 19.1. The van der Waals surface area contributed by atoms with E-state index in [2.05, 4.69) is 27.2 Å². The number of ether oxygens (including phenoxy) is 1. The number of rotatable bonds is 6. The molecule has 1 saturated heterocycles. The van der Waals surface area contributed by atoms with Crippen LogP contribution >= 0.6 is 0 Å². The highest BCUT2D eigenvalue weighted by molar-refractivity contribution is 5.92. The van der Waals surface area contributed by atoms with E-state index in [1.54, 1.807) is 12.1 Å². The Morgan fingerprint density at radius 3 is 2.85 bits per heavy atom. The third kappa shape index (κ3) is 4.66. The van der Waals surface area contributed by atoms with Crippen molar-refractivity contribution in [3.63, 3.8) is 0 Å². The second-order valence-electron chi connectivity index (χ2n) is 6.51. The van der Waals surface area contributed by atoms with Gasteiger partial charge >= 0.3 is 0 Å². The SMILES string of the molecule is CN1CCCC(COc2ccc(Nc3ncc(C(N)=O)cn3)cc2F)C1. The molecule has 8 heteroatoms. The zero-order valence-corrected chi connectivity index (χ0v) is 14.6. The van der Waals surface area contributed by atoms with E-state index in [1.165, 1.54) is 18.5 Å². The number of anilines is 2. The van der Waals surface area contributed by atoms with Crippen LogP contribution in [-0.4, -0.2) is 47.5 Å². The quantitative estimate of drug-likeness (QED) is 0.821. The third-order valence-electron chi connectivity index (χ3n) is 4.32. The van der Waals surface area contributed by atoms with Crippen LogP contribution in [0.2, 0.25) is 0 Å². The molecule has 3 rings (SSSR count). The summed E-state index contributed by atoms with van der Waals surface area (Å²) in [5, 5.41) is 2.87. The third-order valence-corrected chi connectivity index (χ3v) is 4.32. The molecule has 26 heavy (non-hydrogen) atoms. The van der Waals surface area contributed by atoms with Crippen LogP contribution in [0.1, 0.15) is 23.2 Å². The normalized spacial score (nSPS) is 17.7. The van der Waals surface area contributed by atoms with Gasteiger partial charge in [-0.05, 0) is 38.6 Å². The molecule has 1 aromatic heterocycles. The van der Waals surface area contributed by atoms with E-state index in [9.17, 15) is 9.18 Å². The zero-order chi connectivity index (χ0) is 18.5.